The first kappa shape index (κ1) is 3.92. The molecule has 0 aliphatic rings. The van der Waals surface area contributed by atoms with Crippen LogP contribution in [0.5, 0.6) is 0 Å². The van der Waals surface area contributed by atoms with Crippen LogP contribution in [0.3, 0.4) is 0 Å². The van der Waals surface area contributed by atoms with Crippen LogP contribution in [0.2, 0.25) is 0 Å². The molecule has 26 valence electrons. The van der Waals surface area contributed by atoms with E-state index in [-0.39, 0.29) is 5.06 Å². The fourth-order valence-electron chi connectivity index (χ4n) is 0. The van der Waals surface area contributed by atoms with Gasteiger partial charge < -0.3 is 10.3 Å². The van der Waals surface area contributed by atoms with Gasteiger partial charge in [-0.3, -0.25) is 0 Å². The van der Waals surface area contributed by atoms with Crippen molar-refractivity contribution in [1.82, 2.24) is 0 Å². The van der Waals surface area contributed by atoms with Gasteiger partial charge in [-0.15, -0.1) is 0 Å². The average Bonchev–Trinajstić information content (AvgIpc) is 0.811. The predicted molar refractivity (Wildman–Crippen MR) is 16.2 cm³/mol. The summed E-state index contributed by atoms with van der Waals surface area (Å²) in [5.41, 5.74) is 0. The molecular formula is C2H7NO. The van der Waals surface area contributed by atoms with Crippen LogP contribution < -0.4 is 5.06 Å². The maximum absolute atomic E-state index is 9.44. The average molecular weight is 61.1 g/mol. The Hall–Kier alpha value is -0.0800. The Bertz CT molecular complexity index is 10.8. The molecule has 0 spiro atoms. The summed E-state index contributed by atoms with van der Waals surface area (Å²) in [6.45, 7) is 0. The molecule has 0 aromatic carbocycles. The Morgan fingerprint density at radius 3 is 1.50 bits per heavy atom. The van der Waals surface area contributed by atoms with Gasteiger partial charge in [-0.05, 0) is 0 Å². The molecule has 0 amide bonds. The van der Waals surface area contributed by atoms with E-state index in [1.165, 1.54) is 14.1 Å². The van der Waals surface area contributed by atoms with Crippen molar-refractivity contribution >= 4 is 0 Å². The summed E-state index contributed by atoms with van der Waals surface area (Å²) < 4.78 is 0. The topological polar surface area (TPSA) is 27.5 Å². The molecule has 0 aliphatic carbocycles. The summed E-state index contributed by atoms with van der Waals surface area (Å²) in [5.74, 6) is 0. The van der Waals surface area contributed by atoms with E-state index in [1.807, 2.05) is 0 Å². The van der Waals surface area contributed by atoms with Crippen LogP contribution in [0.25, 0.3) is 0 Å². The lowest BCUT2D eigenvalue weighted by atomic mass is 11.2. The zero-order valence-corrected chi connectivity index (χ0v) is 2.91. The van der Waals surface area contributed by atoms with Crippen LogP contribution >= 0.6 is 0 Å². The highest BCUT2D eigenvalue weighted by molar-refractivity contribution is 3.86. The lowest BCUT2D eigenvalue weighted by molar-refractivity contribution is -0.802. The summed E-state index contributed by atoms with van der Waals surface area (Å²) in [5, 5.41) is 9.61. The number of hydrogen-bond acceptors (Lipinski definition) is 1. The van der Waals surface area contributed by atoms with E-state index in [4.69, 9.17) is 0 Å². The molecule has 0 radical (unpaired) electrons. The van der Waals surface area contributed by atoms with Crippen molar-refractivity contribution in [3.63, 3.8) is 0 Å². The number of rotatable bonds is 0. The molecule has 2 nitrogen and oxygen atoms in total. The smallest absolute Gasteiger partial charge is 0.0660 e. The zero-order chi connectivity index (χ0) is 3.58. The molecule has 1 N–H and O–H groups in total. The van der Waals surface area contributed by atoms with E-state index in [9.17, 15) is 5.21 Å². The first-order valence-electron chi connectivity index (χ1n) is 1.20. The van der Waals surface area contributed by atoms with Gasteiger partial charge in [0.25, 0.3) is 0 Å². The maximum atomic E-state index is 9.44. The van der Waals surface area contributed by atoms with Crippen molar-refractivity contribution in [3.8, 4) is 0 Å². The summed E-state index contributed by atoms with van der Waals surface area (Å²) in [4.78, 5) is 0. The van der Waals surface area contributed by atoms with Gasteiger partial charge in [-0.25, -0.2) is 0 Å². The first-order chi connectivity index (χ1) is 1.73. The third-order valence-electron chi connectivity index (χ3n) is 0. The largest absolute Gasteiger partial charge is 0.635 e. The standard InChI is InChI=1S/C2H7NO/c1-3(2)4/h3H,1-2H3. The SMILES string of the molecule is C[NH+](C)[O-]. The molecule has 2 heteroatoms. The second-order valence-corrected chi connectivity index (χ2v) is 0.908. The Labute approximate surface area is 25.6 Å². The molecular weight excluding hydrogens is 54.0 g/mol. The molecule has 0 fully saturated rings. The third kappa shape index (κ3) is 254. The highest BCUT2D eigenvalue weighted by atomic mass is 16.5. The molecule has 0 saturated heterocycles. The van der Waals surface area contributed by atoms with Gasteiger partial charge >= 0.3 is 0 Å². The van der Waals surface area contributed by atoms with Crippen LogP contribution in [-0.4, -0.2) is 14.1 Å². The van der Waals surface area contributed by atoms with E-state index in [2.05, 4.69) is 0 Å². The highest BCUT2D eigenvalue weighted by Gasteiger charge is 1.49. The molecule has 0 aromatic heterocycles. The van der Waals surface area contributed by atoms with Crippen molar-refractivity contribution < 1.29 is 5.06 Å². The minimum atomic E-state index is 0.167. The van der Waals surface area contributed by atoms with Gasteiger partial charge in [0.05, 0.1) is 14.1 Å². The minimum absolute atomic E-state index is 0.167. The molecule has 0 aliphatic heterocycles. The van der Waals surface area contributed by atoms with Crippen LogP contribution in [0.15, 0.2) is 0 Å². The van der Waals surface area contributed by atoms with Gasteiger partial charge in [0.1, 0.15) is 0 Å². The van der Waals surface area contributed by atoms with E-state index >= 15 is 0 Å². The fourth-order valence-corrected chi connectivity index (χ4v) is 0. The quantitative estimate of drug-likeness (QED) is 0.344. The molecule has 0 saturated carbocycles. The number of hydroxylamine groups is 2. The van der Waals surface area contributed by atoms with Crippen LogP contribution in [0, 0.1) is 5.21 Å². The Morgan fingerprint density at radius 1 is 1.50 bits per heavy atom. The summed E-state index contributed by atoms with van der Waals surface area (Å²) in [6.07, 6.45) is 0. The van der Waals surface area contributed by atoms with Crippen LogP contribution in [0.1, 0.15) is 0 Å². The monoisotopic (exact) mass is 61.1 g/mol. The predicted octanol–water partition coefficient (Wildman–Crippen LogP) is -1.37. The second-order valence-electron chi connectivity index (χ2n) is 0.908. The van der Waals surface area contributed by atoms with Gasteiger partial charge in [0.2, 0.25) is 0 Å². The maximum Gasteiger partial charge on any atom is 0.0660 e. The second kappa shape index (κ2) is 1.26. The molecule has 0 atom stereocenters. The Morgan fingerprint density at radius 2 is 1.50 bits per heavy atom. The molecule has 0 bridgehead atoms. The number of hydrogen-bond donors (Lipinski definition) is 1. The highest BCUT2D eigenvalue weighted by Crippen LogP contribution is 0.931. The van der Waals surface area contributed by atoms with Gasteiger partial charge in [-0.2, -0.15) is 0 Å². The summed E-state index contributed by atoms with van der Waals surface area (Å²) >= 11 is 0. The lowest BCUT2D eigenvalue weighted by Crippen LogP contribution is -3.00. The lowest BCUT2D eigenvalue weighted by Gasteiger charge is -2.04. The third-order valence-corrected chi connectivity index (χ3v) is 0. The molecule has 0 unspecified atom stereocenters. The number of quaternary nitrogens is 1. The Kier molecular flexibility index (Phi) is 1.24. The normalized spacial score (nSPS) is 9.00. The first-order valence-corrected chi connectivity index (χ1v) is 1.20. The Balaban J connectivity index is 2.32. The van der Waals surface area contributed by atoms with Crippen molar-refractivity contribution in [2.24, 2.45) is 0 Å². The summed E-state index contributed by atoms with van der Waals surface area (Å²) in [7, 11) is 3.06. The fraction of sp³-hybridized carbons (Fsp3) is 1.00. The van der Waals surface area contributed by atoms with E-state index in [1.54, 1.807) is 0 Å². The van der Waals surface area contributed by atoms with E-state index < -0.39 is 0 Å². The van der Waals surface area contributed by atoms with Crippen molar-refractivity contribution in [1.29, 1.82) is 0 Å². The molecule has 0 aromatic rings. The van der Waals surface area contributed by atoms with Gasteiger partial charge in [-0.1, -0.05) is 0 Å². The minimum Gasteiger partial charge on any atom is -0.635 e. The molecule has 0 rings (SSSR count). The van der Waals surface area contributed by atoms with Gasteiger partial charge in [0, 0.05) is 0 Å². The molecule has 0 heterocycles. The van der Waals surface area contributed by atoms with Crippen LogP contribution in [-0.2, 0) is 0 Å². The van der Waals surface area contributed by atoms with E-state index in [0.717, 1.165) is 0 Å². The van der Waals surface area contributed by atoms with E-state index in [0.29, 0.717) is 0 Å². The van der Waals surface area contributed by atoms with Crippen LogP contribution in [0.4, 0.5) is 0 Å². The van der Waals surface area contributed by atoms with Crippen molar-refractivity contribution in [2.75, 3.05) is 14.1 Å². The summed E-state index contributed by atoms with van der Waals surface area (Å²) in [6, 6.07) is 0. The van der Waals surface area contributed by atoms with Crippen molar-refractivity contribution in [3.05, 3.63) is 5.21 Å². The number of nitrogens with one attached hydrogen (secondary N) is 1. The van der Waals surface area contributed by atoms with Crippen molar-refractivity contribution in [2.45, 2.75) is 0 Å². The zero-order valence-electron chi connectivity index (χ0n) is 2.91. The molecule has 4 heavy (non-hydrogen) atoms. The van der Waals surface area contributed by atoms with Gasteiger partial charge in [0.15, 0.2) is 0 Å².